The summed E-state index contributed by atoms with van der Waals surface area (Å²) < 4.78 is 12.0. The van der Waals surface area contributed by atoms with Gasteiger partial charge in [-0.1, -0.05) is 12.8 Å². The highest BCUT2D eigenvalue weighted by molar-refractivity contribution is 5.98. The Labute approximate surface area is 180 Å². The van der Waals surface area contributed by atoms with E-state index in [4.69, 9.17) is 9.15 Å². The summed E-state index contributed by atoms with van der Waals surface area (Å²) in [5.74, 6) is 2.61. The molecule has 0 N–H and O–H groups in total. The smallest absolute Gasteiger partial charge is 0.247 e. The van der Waals surface area contributed by atoms with Gasteiger partial charge in [0.05, 0.1) is 6.61 Å². The minimum atomic E-state index is 0.157. The van der Waals surface area contributed by atoms with Crippen LogP contribution < -0.4 is 4.74 Å². The molecule has 2 aromatic rings. The zero-order valence-corrected chi connectivity index (χ0v) is 19.1. The molecule has 4 heteroatoms. The van der Waals surface area contributed by atoms with Gasteiger partial charge in [-0.2, -0.15) is 0 Å². The van der Waals surface area contributed by atoms with Crippen molar-refractivity contribution in [2.24, 2.45) is 5.92 Å². The minimum Gasteiger partial charge on any atom is -0.493 e. The number of amides is 1. The van der Waals surface area contributed by atoms with Gasteiger partial charge in [-0.15, -0.1) is 0 Å². The first-order valence-electron chi connectivity index (χ1n) is 11.6. The number of furan rings is 1. The summed E-state index contributed by atoms with van der Waals surface area (Å²) in [4.78, 5) is 15.5. The normalized spacial score (nSPS) is 22.3. The lowest BCUT2D eigenvalue weighted by molar-refractivity contribution is -0.132. The fourth-order valence-corrected chi connectivity index (χ4v) is 5.48. The van der Waals surface area contributed by atoms with Gasteiger partial charge in [-0.3, -0.25) is 4.79 Å². The second-order valence-electron chi connectivity index (χ2n) is 9.08. The maximum atomic E-state index is 13.3. The third-order valence-electron chi connectivity index (χ3n) is 7.23. The number of allylic oxidation sites excluding steroid dienone is 1. The van der Waals surface area contributed by atoms with Gasteiger partial charge in [0, 0.05) is 35.2 Å². The van der Waals surface area contributed by atoms with Crippen molar-refractivity contribution in [2.45, 2.75) is 79.2 Å². The predicted molar refractivity (Wildman–Crippen MR) is 122 cm³/mol. The quantitative estimate of drug-likeness (QED) is 0.553. The van der Waals surface area contributed by atoms with Crippen molar-refractivity contribution in [3.63, 3.8) is 0 Å². The lowest BCUT2D eigenvalue weighted by atomic mass is 9.78. The van der Waals surface area contributed by atoms with E-state index in [0.29, 0.717) is 18.6 Å². The Kier molecular flexibility index (Phi) is 5.95. The Bertz CT molecular complexity index is 982. The zero-order valence-electron chi connectivity index (χ0n) is 19.1. The number of benzene rings is 1. The molecule has 2 atom stereocenters. The molecule has 0 spiro atoms. The summed E-state index contributed by atoms with van der Waals surface area (Å²) in [7, 11) is 0. The molecule has 2 fully saturated rings. The zero-order chi connectivity index (χ0) is 21.4. The summed E-state index contributed by atoms with van der Waals surface area (Å²) in [6, 6.07) is 2.57. The third kappa shape index (κ3) is 3.66. The van der Waals surface area contributed by atoms with Crippen LogP contribution in [0.15, 0.2) is 16.6 Å². The highest BCUT2D eigenvalue weighted by Gasteiger charge is 2.35. The minimum absolute atomic E-state index is 0.157. The van der Waals surface area contributed by atoms with Crippen LogP contribution in [0.3, 0.4) is 0 Å². The standard InChI is InChI=1S/C26H35NO3/c1-6-29-25-18(4)26-22(17(3)19(5)30-26)15-21(25)16(2)14-24(28)27-13-9-11-20-10-7-8-12-23(20)27/h14-15,20,23H,6-13H2,1-5H3/b16-14+. The van der Waals surface area contributed by atoms with Crippen molar-refractivity contribution < 1.29 is 13.9 Å². The van der Waals surface area contributed by atoms with Crippen molar-refractivity contribution in [1.29, 1.82) is 0 Å². The van der Waals surface area contributed by atoms with E-state index >= 15 is 0 Å². The van der Waals surface area contributed by atoms with Crippen molar-refractivity contribution in [1.82, 2.24) is 4.90 Å². The molecular formula is C26H35NO3. The number of ether oxygens (including phenoxy) is 1. The molecule has 1 saturated heterocycles. The first-order valence-corrected chi connectivity index (χ1v) is 11.6. The van der Waals surface area contributed by atoms with Gasteiger partial charge in [0.1, 0.15) is 17.1 Å². The number of aryl methyl sites for hydroxylation is 3. The number of piperidine rings is 1. The lowest BCUT2D eigenvalue weighted by Gasteiger charge is -2.43. The van der Waals surface area contributed by atoms with Crippen molar-refractivity contribution >= 4 is 22.4 Å². The molecule has 1 aromatic heterocycles. The van der Waals surface area contributed by atoms with Gasteiger partial charge >= 0.3 is 0 Å². The van der Waals surface area contributed by atoms with Crippen LogP contribution in [0, 0.1) is 26.7 Å². The first-order chi connectivity index (χ1) is 14.4. The second-order valence-corrected chi connectivity index (χ2v) is 9.08. The number of carbonyl (C=O) groups excluding carboxylic acids is 1. The molecule has 1 saturated carbocycles. The number of fused-ring (bicyclic) bond motifs is 2. The van der Waals surface area contributed by atoms with Crippen LogP contribution in [0.5, 0.6) is 5.75 Å². The van der Waals surface area contributed by atoms with E-state index < -0.39 is 0 Å². The largest absolute Gasteiger partial charge is 0.493 e. The monoisotopic (exact) mass is 409 g/mol. The van der Waals surface area contributed by atoms with E-state index in [0.717, 1.165) is 64.1 Å². The summed E-state index contributed by atoms with van der Waals surface area (Å²) >= 11 is 0. The molecule has 1 amide bonds. The molecule has 4 rings (SSSR count). The maximum absolute atomic E-state index is 13.3. The molecule has 4 nitrogen and oxygen atoms in total. The van der Waals surface area contributed by atoms with Crippen LogP contribution in [0.25, 0.3) is 16.5 Å². The average molecular weight is 410 g/mol. The van der Waals surface area contributed by atoms with Crippen molar-refractivity contribution in [3.05, 3.63) is 34.6 Å². The summed E-state index contributed by atoms with van der Waals surface area (Å²) in [5, 5.41) is 1.11. The maximum Gasteiger partial charge on any atom is 0.247 e. The van der Waals surface area contributed by atoms with Crippen LogP contribution in [-0.2, 0) is 4.79 Å². The number of hydrogen-bond donors (Lipinski definition) is 0. The topological polar surface area (TPSA) is 42.7 Å². The first kappa shape index (κ1) is 21.0. The van der Waals surface area contributed by atoms with Gasteiger partial charge < -0.3 is 14.1 Å². The van der Waals surface area contributed by atoms with Crippen molar-refractivity contribution in [3.8, 4) is 5.75 Å². The average Bonchev–Trinajstić information content (AvgIpc) is 3.03. The molecule has 162 valence electrons. The Morgan fingerprint density at radius 1 is 1.17 bits per heavy atom. The number of hydrogen-bond acceptors (Lipinski definition) is 3. The molecule has 2 aliphatic rings. The SMILES string of the molecule is CCOc1c(/C(C)=C/C(=O)N2CCCC3CCCCC32)cc2c(C)c(C)oc2c1C. The highest BCUT2D eigenvalue weighted by Crippen LogP contribution is 2.40. The molecule has 0 bridgehead atoms. The van der Waals surface area contributed by atoms with E-state index in [-0.39, 0.29) is 5.91 Å². The van der Waals surface area contributed by atoms with E-state index in [9.17, 15) is 4.79 Å². The van der Waals surface area contributed by atoms with E-state index in [1.165, 1.54) is 25.7 Å². The summed E-state index contributed by atoms with van der Waals surface area (Å²) in [5.41, 5.74) is 5.00. The molecule has 30 heavy (non-hydrogen) atoms. The Balaban J connectivity index is 1.71. The summed E-state index contributed by atoms with van der Waals surface area (Å²) in [6.45, 7) is 11.6. The Morgan fingerprint density at radius 2 is 1.90 bits per heavy atom. The molecule has 2 heterocycles. The lowest BCUT2D eigenvalue weighted by Crippen LogP contribution is -2.49. The van der Waals surface area contributed by atoms with Crippen LogP contribution >= 0.6 is 0 Å². The summed E-state index contributed by atoms with van der Waals surface area (Å²) in [6.07, 6.45) is 9.24. The van der Waals surface area contributed by atoms with Gasteiger partial charge in [0.2, 0.25) is 5.91 Å². The predicted octanol–water partition coefficient (Wildman–Crippen LogP) is 6.34. The Hall–Kier alpha value is -2.23. The number of nitrogens with zero attached hydrogens (tertiary/aromatic N) is 1. The highest BCUT2D eigenvalue weighted by atomic mass is 16.5. The molecule has 1 aromatic carbocycles. The van der Waals surface area contributed by atoms with Gasteiger partial charge in [0.25, 0.3) is 0 Å². The Morgan fingerprint density at radius 3 is 2.67 bits per heavy atom. The van der Waals surface area contributed by atoms with E-state index in [1.807, 2.05) is 33.8 Å². The molecule has 0 radical (unpaired) electrons. The van der Waals surface area contributed by atoms with Gasteiger partial charge in [0.15, 0.2) is 0 Å². The van der Waals surface area contributed by atoms with Crippen LogP contribution in [0.2, 0.25) is 0 Å². The molecule has 1 aliphatic heterocycles. The molecule has 1 aliphatic carbocycles. The fourth-order valence-electron chi connectivity index (χ4n) is 5.48. The molecule has 2 unspecified atom stereocenters. The number of carbonyl (C=O) groups is 1. The van der Waals surface area contributed by atoms with Gasteiger partial charge in [-0.05, 0) is 83.4 Å². The fraction of sp³-hybridized carbons (Fsp3) is 0.577. The van der Waals surface area contributed by atoms with E-state index in [2.05, 4.69) is 17.9 Å². The number of likely N-dealkylation sites (tertiary alicyclic amines) is 1. The third-order valence-corrected chi connectivity index (χ3v) is 7.23. The van der Waals surface area contributed by atoms with Gasteiger partial charge in [-0.25, -0.2) is 0 Å². The number of rotatable bonds is 4. The van der Waals surface area contributed by atoms with Crippen molar-refractivity contribution in [2.75, 3.05) is 13.2 Å². The van der Waals surface area contributed by atoms with Crippen LogP contribution in [-0.4, -0.2) is 30.0 Å². The molecular weight excluding hydrogens is 374 g/mol. The van der Waals surface area contributed by atoms with Crippen LogP contribution in [0.1, 0.15) is 74.8 Å². The second kappa shape index (κ2) is 8.49. The van der Waals surface area contributed by atoms with Crippen LogP contribution in [0.4, 0.5) is 0 Å². The van der Waals surface area contributed by atoms with E-state index in [1.54, 1.807) is 0 Å².